The van der Waals surface area contributed by atoms with Crippen LogP contribution < -0.4 is 35.4 Å². The van der Waals surface area contributed by atoms with Crippen LogP contribution >= 0.6 is 0 Å². The number of hydrogen-bond donors (Lipinski definition) is 3. The summed E-state index contributed by atoms with van der Waals surface area (Å²) < 4.78 is 21.7. The predicted molar refractivity (Wildman–Crippen MR) is 157 cm³/mol. The molecular formula is C29H35IN6O5S. The topological polar surface area (TPSA) is 161 Å². The number of aromatic nitrogens is 4. The third kappa shape index (κ3) is 7.76. The van der Waals surface area contributed by atoms with Gasteiger partial charge in [0.1, 0.15) is 47.7 Å². The summed E-state index contributed by atoms with van der Waals surface area (Å²) >= 11 is 0. The summed E-state index contributed by atoms with van der Waals surface area (Å²) in [6.07, 6.45) is 3.67. The Morgan fingerprint density at radius 1 is 1.02 bits per heavy atom. The molecule has 1 saturated heterocycles. The van der Waals surface area contributed by atoms with Crippen molar-refractivity contribution in [3.8, 4) is 0 Å². The van der Waals surface area contributed by atoms with Crippen LogP contribution in [0, 0.1) is 0 Å². The maximum atomic E-state index is 11.3. The summed E-state index contributed by atoms with van der Waals surface area (Å²) in [5, 5.41) is 9.22. The van der Waals surface area contributed by atoms with Crippen LogP contribution in [-0.2, 0) is 43.1 Å². The molecule has 2 aromatic carbocycles. The van der Waals surface area contributed by atoms with Crippen molar-refractivity contribution >= 4 is 33.8 Å². The van der Waals surface area contributed by atoms with Gasteiger partial charge in [-0.2, -0.15) is 0 Å². The number of imidazole rings is 1. The summed E-state index contributed by atoms with van der Waals surface area (Å²) in [4.78, 5) is 24.2. The fourth-order valence-electron chi connectivity index (χ4n) is 4.85. The van der Waals surface area contributed by atoms with Crippen LogP contribution in [0.4, 0.5) is 5.82 Å². The number of carboxylic acids is 1. The second-order valence-electron chi connectivity index (χ2n) is 10.1. The first kappa shape index (κ1) is 32.1. The zero-order valence-corrected chi connectivity index (χ0v) is 26.1. The first-order valence-electron chi connectivity index (χ1n) is 13.4. The van der Waals surface area contributed by atoms with E-state index >= 15 is 0 Å². The van der Waals surface area contributed by atoms with E-state index in [1.165, 1.54) is 6.33 Å². The van der Waals surface area contributed by atoms with Gasteiger partial charge in [0.05, 0.1) is 25.8 Å². The van der Waals surface area contributed by atoms with E-state index in [9.17, 15) is 9.90 Å². The molecule has 11 nitrogen and oxygen atoms in total. The molecule has 5 N–H and O–H groups in total. The highest BCUT2D eigenvalue weighted by atomic mass is 127. The Hall–Kier alpha value is -2.82. The van der Waals surface area contributed by atoms with Crippen molar-refractivity contribution in [2.24, 2.45) is 5.73 Å². The van der Waals surface area contributed by atoms with Gasteiger partial charge in [0.15, 0.2) is 17.7 Å². The van der Waals surface area contributed by atoms with Gasteiger partial charge in [0.25, 0.3) is 0 Å². The van der Waals surface area contributed by atoms with E-state index in [1.807, 2.05) is 65.2 Å². The largest absolute Gasteiger partial charge is 1.00 e. The van der Waals surface area contributed by atoms with Crippen LogP contribution in [0.2, 0.25) is 0 Å². The van der Waals surface area contributed by atoms with Gasteiger partial charge in [-0.15, -0.1) is 0 Å². The third-order valence-corrected chi connectivity index (χ3v) is 8.89. The molecule has 4 aromatic rings. The van der Waals surface area contributed by atoms with Gasteiger partial charge in [0, 0.05) is 6.42 Å². The number of carbonyl (C=O) groups is 1. The number of hydrogen-bond acceptors (Lipinski definition) is 9. The van der Waals surface area contributed by atoms with Crippen LogP contribution in [0.15, 0.2) is 73.3 Å². The summed E-state index contributed by atoms with van der Waals surface area (Å²) in [5.74, 6) is 0.603. The number of anilines is 1. The van der Waals surface area contributed by atoms with Crippen LogP contribution in [0.1, 0.15) is 23.8 Å². The Morgan fingerprint density at radius 2 is 1.64 bits per heavy atom. The number of nitrogens with zero attached hydrogens (tertiary/aromatic N) is 4. The van der Waals surface area contributed by atoms with Crippen LogP contribution in [-0.4, -0.2) is 72.7 Å². The van der Waals surface area contributed by atoms with E-state index in [2.05, 4.69) is 21.2 Å². The number of halogens is 1. The molecule has 6 atom stereocenters. The second-order valence-corrected chi connectivity index (χ2v) is 12.4. The quantitative estimate of drug-likeness (QED) is 0.123. The Kier molecular flexibility index (Phi) is 11.5. The lowest BCUT2D eigenvalue weighted by atomic mass is 10.1. The normalized spacial score (nSPS) is 21.6. The Labute approximate surface area is 264 Å². The van der Waals surface area contributed by atoms with Crippen molar-refractivity contribution in [1.82, 2.24) is 19.5 Å². The zero-order chi connectivity index (χ0) is 28.8. The summed E-state index contributed by atoms with van der Waals surface area (Å²) in [6.45, 7) is 0.739. The second kappa shape index (κ2) is 15.1. The number of fused-ring (bicyclic) bond motifs is 1. The number of rotatable bonds is 13. The average Bonchev–Trinajstić information content (AvgIpc) is 3.56. The average molecular weight is 707 g/mol. The molecule has 1 fully saturated rings. The summed E-state index contributed by atoms with van der Waals surface area (Å²) in [5.41, 5.74) is 14.9. The van der Waals surface area contributed by atoms with Gasteiger partial charge in [-0.1, -0.05) is 60.7 Å². The van der Waals surface area contributed by atoms with E-state index in [0.717, 1.165) is 11.1 Å². The first-order chi connectivity index (χ1) is 19.9. The molecule has 1 unspecified atom stereocenters. The minimum Gasteiger partial charge on any atom is -1.00 e. The molecule has 5 rings (SSSR count). The number of nitrogen functional groups attached to an aromatic ring is 1. The molecule has 224 valence electrons. The number of benzene rings is 2. The van der Waals surface area contributed by atoms with E-state index in [0.29, 0.717) is 42.3 Å². The fraction of sp³-hybridized carbons (Fsp3) is 0.379. The van der Waals surface area contributed by atoms with Crippen molar-refractivity contribution in [2.45, 2.75) is 50.2 Å². The van der Waals surface area contributed by atoms with Crippen LogP contribution in [0.3, 0.4) is 0 Å². The van der Waals surface area contributed by atoms with E-state index < -0.39 is 30.4 Å². The maximum absolute atomic E-state index is 11.3. The molecular weight excluding hydrogens is 671 g/mol. The lowest BCUT2D eigenvalue weighted by molar-refractivity contribution is -0.138. The summed E-state index contributed by atoms with van der Waals surface area (Å²) in [7, 11) is -0.188. The highest BCUT2D eigenvalue weighted by Crippen LogP contribution is 2.37. The molecule has 0 amide bonds. The molecule has 0 aliphatic carbocycles. The van der Waals surface area contributed by atoms with Crippen molar-refractivity contribution in [1.29, 1.82) is 0 Å². The molecule has 1 aliphatic heterocycles. The zero-order valence-electron chi connectivity index (χ0n) is 23.2. The fourth-order valence-corrected chi connectivity index (χ4v) is 6.50. The monoisotopic (exact) mass is 706 g/mol. The smallest absolute Gasteiger partial charge is 0.320 e. The maximum Gasteiger partial charge on any atom is 0.320 e. The highest BCUT2D eigenvalue weighted by molar-refractivity contribution is 7.96. The molecule has 0 radical (unpaired) electrons. The van der Waals surface area contributed by atoms with E-state index in [1.54, 1.807) is 6.33 Å². The standard InChI is InChI=1S/C29H34N6O5S.HI/c1-41(13-12-21(30)29(36)37)16-22-24(38-14-19-8-4-2-5-9-19)25(39-15-20-10-6-3-7-11-20)28(40-22)35-18-34-23-26(31)32-17-33-27(23)35;/h2-11,17-18,21-22,24-25,28H,12-16,30H2,1H3,(H2-,31,32,33,36,37);1H/t21-,22+,24+,25+,28+,41?;/m0./s1. The SMILES string of the molecule is C[S+](CC[C@H](N)C(=O)O)C[C@H]1O[C@@H](n2cnc3c(N)ncnc32)[C@H](OCc2ccccc2)[C@@H]1OCc1ccccc1.[I-]. The molecule has 0 bridgehead atoms. The van der Waals surface area contributed by atoms with Gasteiger partial charge >= 0.3 is 5.97 Å². The number of nitrogens with two attached hydrogens (primary N) is 2. The summed E-state index contributed by atoms with van der Waals surface area (Å²) in [6, 6.07) is 19.0. The minimum absolute atomic E-state index is 0. The lowest BCUT2D eigenvalue weighted by Gasteiger charge is -2.25. The molecule has 0 spiro atoms. The van der Waals surface area contributed by atoms with Crippen molar-refractivity contribution in [3.05, 3.63) is 84.4 Å². The lowest BCUT2D eigenvalue weighted by Crippen LogP contribution is -3.00. The third-order valence-electron chi connectivity index (χ3n) is 7.06. The van der Waals surface area contributed by atoms with Crippen molar-refractivity contribution < 1.29 is 48.1 Å². The van der Waals surface area contributed by atoms with Gasteiger partial charge in [-0.05, 0) is 22.0 Å². The molecule has 13 heteroatoms. The predicted octanol–water partition coefficient (Wildman–Crippen LogP) is -0.469. The van der Waals surface area contributed by atoms with E-state index in [4.69, 9.17) is 25.7 Å². The van der Waals surface area contributed by atoms with Crippen molar-refractivity contribution in [2.75, 3.05) is 23.5 Å². The Bertz CT molecular complexity index is 1430. The van der Waals surface area contributed by atoms with Gasteiger partial charge in [0.2, 0.25) is 0 Å². The number of ether oxygens (including phenoxy) is 3. The van der Waals surface area contributed by atoms with E-state index in [-0.39, 0.29) is 46.8 Å². The Balaban J connectivity index is 0.00000405. The highest BCUT2D eigenvalue weighted by Gasteiger charge is 2.50. The van der Waals surface area contributed by atoms with Gasteiger partial charge in [-0.25, -0.2) is 15.0 Å². The first-order valence-corrected chi connectivity index (χ1v) is 15.3. The van der Waals surface area contributed by atoms with Crippen LogP contribution in [0.5, 0.6) is 0 Å². The minimum atomic E-state index is -0.995. The molecule has 0 saturated carbocycles. The molecule has 2 aromatic heterocycles. The Morgan fingerprint density at radius 3 is 2.26 bits per heavy atom. The number of aliphatic carboxylic acids is 1. The van der Waals surface area contributed by atoms with Crippen LogP contribution in [0.25, 0.3) is 11.2 Å². The van der Waals surface area contributed by atoms with Gasteiger partial charge in [-0.3, -0.25) is 9.36 Å². The van der Waals surface area contributed by atoms with Gasteiger partial charge < -0.3 is 54.8 Å². The molecule has 42 heavy (non-hydrogen) atoms. The number of carboxylic acid groups (broad SMARTS) is 1. The molecule has 1 aliphatic rings. The molecule has 3 heterocycles. The van der Waals surface area contributed by atoms with Crippen molar-refractivity contribution in [3.63, 3.8) is 0 Å².